The number of benzene rings is 1. The van der Waals surface area contributed by atoms with E-state index in [0.29, 0.717) is 11.0 Å². The van der Waals surface area contributed by atoms with Crippen molar-refractivity contribution in [3.63, 3.8) is 0 Å². The maximum Gasteiger partial charge on any atom is 0.239 e. The van der Waals surface area contributed by atoms with Gasteiger partial charge >= 0.3 is 0 Å². The van der Waals surface area contributed by atoms with Crippen molar-refractivity contribution in [1.29, 1.82) is 0 Å². The molecule has 1 atom stereocenters. The third kappa shape index (κ3) is 4.64. The van der Waals surface area contributed by atoms with Crippen molar-refractivity contribution in [2.24, 2.45) is 0 Å². The highest BCUT2D eigenvalue weighted by Crippen LogP contribution is 2.26. The largest absolute Gasteiger partial charge is 0.301 e. The zero-order chi connectivity index (χ0) is 17.8. The third-order valence-corrected chi connectivity index (χ3v) is 5.19. The third-order valence-electron chi connectivity index (χ3n) is 3.41. The van der Waals surface area contributed by atoms with E-state index in [1.165, 1.54) is 23.1 Å². The lowest BCUT2D eigenvalue weighted by Gasteiger charge is -2.10. The molecule has 1 aromatic carbocycles. The first-order valence-electron chi connectivity index (χ1n) is 7.82. The number of anilines is 1. The van der Waals surface area contributed by atoms with Gasteiger partial charge in [-0.3, -0.25) is 4.79 Å². The van der Waals surface area contributed by atoms with Gasteiger partial charge in [0.05, 0.1) is 10.9 Å². The maximum absolute atomic E-state index is 12.4. The van der Waals surface area contributed by atoms with Crippen LogP contribution in [0.25, 0.3) is 11.3 Å². The number of hydrogen-bond donors (Lipinski definition) is 1. The molecule has 1 N–H and O–H groups in total. The van der Waals surface area contributed by atoms with Gasteiger partial charge in [0.15, 0.2) is 5.13 Å². The summed E-state index contributed by atoms with van der Waals surface area (Å²) in [5.41, 5.74) is 2.80. The number of aryl methyl sites for hydroxylation is 2. The number of rotatable bonds is 5. The maximum atomic E-state index is 12.4. The van der Waals surface area contributed by atoms with E-state index in [9.17, 15) is 4.79 Å². The molecule has 2 heterocycles. The highest BCUT2D eigenvalue weighted by molar-refractivity contribution is 8.00. The van der Waals surface area contributed by atoms with Gasteiger partial charge in [0.1, 0.15) is 10.9 Å². The zero-order valence-corrected chi connectivity index (χ0v) is 15.8. The second-order valence-electron chi connectivity index (χ2n) is 5.55. The first-order valence-corrected chi connectivity index (χ1v) is 9.58. The summed E-state index contributed by atoms with van der Waals surface area (Å²) in [6.45, 7) is 5.63. The second-order valence-corrected chi connectivity index (χ2v) is 7.77. The Bertz CT molecular complexity index is 860. The molecule has 2 aromatic heterocycles. The van der Waals surface area contributed by atoms with Crippen LogP contribution in [0.15, 0.2) is 46.8 Å². The molecule has 0 aliphatic carbocycles. The molecule has 0 saturated carbocycles. The quantitative estimate of drug-likeness (QED) is 0.535. The molecule has 5 nitrogen and oxygen atoms in total. The van der Waals surface area contributed by atoms with Gasteiger partial charge in [0.2, 0.25) is 5.91 Å². The molecular formula is C18H18N4OS2. The van der Waals surface area contributed by atoms with Crippen LogP contribution in [0.4, 0.5) is 5.13 Å². The van der Waals surface area contributed by atoms with Gasteiger partial charge in [-0.25, -0.2) is 15.0 Å². The molecule has 7 heteroatoms. The van der Waals surface area contributed by atoms with Crippen molar-refractivity contribution in [3.05, 3.63) is 53.3 Å². The Morgan fingerprint density at radius 3 is 2.64 bits per heavy atom. The molecule has 0 saturated heterocycles. The summed E-state index contributed by atoms with van der Waals surface area (Å²) < 4.78 is 0. The van der Waals surface area contributed by atoms with E-state index in [2.05, 4.69) is 20.3 Å². The highest BCUT2D eigenvalue weighted by atomic mass is 32.2. The van der Waals surface area contributed by atoms with Crippen LogP contribution in [-0.4, -0.2) is 26.1 Å². The van der Waals surface area contributed by atoms with Crippen molar-refractivity contribution < 1.29 is 4.79 Å². The Morgan fingerprint density at radius 2 is 1.92 bits per heavy atom. The fourth-order valence-corrected chi connectivity index (χ4v) is 3.93. The molecular weight excluding hydrogens is 352 g/mol. The first kappa shape index (κ1) is 17.6. The number of thiazole rings is 1. The Morgan fingerprint density at radius 1 is 1.16 bits per heavy atom. The molecule has 0 bridgehead atoms. The van der Waals surface area contributed by atoms with Crippen LogP contribution >= 0.6 is 23.1 Å². The van der Waals surface area contributed by atoms with E-state index < -0.39 is 0 Å². The van der Waals surface area contributed by atoms with Crippen molar-refractivity contribution in [3.8, 4) is 11.3 Å². The lowest BCUT2D eigenvalue weighted by molar-refractivity contribution is -0.115. The van der Waals surface area contributed by atoms with Crippen molar-refractivity contribution in [2.75, 3.05) is 5.32 Å². The molecule has 3 aromatic rings. The lowest BCUT2D eigenvalue weighted by Crippen LogP contribution is -2.22. The highest BCUT2D eigenvalue weighted by Gasteiger charge is 2.17. The van der Waals surface area contributed by atoms with E-state index >= 15 is 0 Å². The summed E-state index contributed by atoms with van der Waals surface area (Å²) in [5.74, 6) is 0.621. The Balaban J connectivity index is 1.64. The van der Waals surface area contributed by atoms with Crippen LogP contribution < -0.4 is 5.32 Å². The number of carbonyl (C=O) groups is 1. The number of aromatic nitrogens is 3. The Hall–Kier alpha value is -2.25. The summed E-state index contributed by atoms with van der Waals surface area (Å²) >= 11 is 2.84. The summed E-state index contributed by atoms with van der Waals surface area (Å²) in [7, 11) is 0. The van der Waals surface area contributed by atoms with Gasteiger partial charge in [0.25, 0.3) is 0 Å². The topological polar surface area (TPSA) is 67.8 Å². The van der Waals surface area contributed by atoms with Gasteiger partial charge in [-0.15, -0.1) is 11.3 Å². The van der Waals surface area contributed by atoms with Gasteiger partial charge in [-0.05, 0) is 26.8 Å². The summed E-state index contributed by atoms with van der Waals surface area (Å²) in [4.78, 5) is 25.5. The monoisotopic (exact) mass is 370 g/mol. The average molecular weight is 371 g/mol. The lowest BCUT2D eigenvalue weighted by atomic mass is 10.2. The van der Waals surface area contributed by atoms with Crippen molar-refractivity contribution in [1.82, 2.24) is 15.0 Å². The second kappa shape index (κ2) is 7.76. The van der Waals surface area contributed by atoms with Crippen molar-refractivity contribution >= 4 is 34.1 Å². The van der Waals surface area contributed by atoms with Crippen LogP contribution in [0, 0.1) is 13.8 Å². The minimum Gasteiger partial charge on any atom is -0.301 e. The number of nitrogens with zero attached hydrogens (tertiary/aromatic N) is 3. The van der Waals surface area contributed by atoms with E-state index in [1.54, 1.807) is 0 Å². The average Bonchev–Trinajstić information content (AvgIpc) is 3.03. The van der Waals surface area contributed by atoms with E-state index in [0.717, 1.165) is 22.0 Å². The van der Waals surface area contributed by atoms with Crippen molar-refractivity contribution in [2.45, 2.75) is 31.0 Å². The van der Waals surface area contributed by atoms with Crippen LogP contribution in [0.5, 0.6) is 0 Å². The molecule has 0 aliphatic rings. The predicted octanol–water partition coefficient (Wildman–Crippen LogP) is 4.34. The van der Waals surface area contributed by atoms with Crippen LogP contribution in [-0.2, 0) is 4.79 Å². The molecule has 25 heavy (non-hydrogen) atoms. The van der Waals surface area contributed by atoms with Crippen LogP contribution in [0.1, 0.15) is 18.4 Å². The summed E-state index contributed by atoms with van der Waals surface area (Å²) in [5, 5.41) is 5.96. The normalized spacial score (nSPS) is 12.0. The fraction of sp³-hybridized carbons (Fsp3) is 0.222. The number of hydrogen-bond acceptors (Lipinski definition) is 6. The smallest absolute Gasteiger partial charge is 0.239 e. The molecule has 0 radical (unpaired) electrons. The molecule has 0 fully saturated rings. The molecule has 1 unspecified atom stereocenters. The minimum atomic E-state index is -0.280. The molecule has 0 spiro atoms. The standard InChI is InChI=1S/C18H18N4OS2/c1-11-9-16(20-13(3)19-11)25-12(2)17(23)22-18-21-15(10-24-18)14-7-5-4-6-8-14/h4-10,12H,1-3H3,(H,21,22,23). The molecule has 1 amide bonds. The zero-order valence-electron chi connectivity index (χ0n) is 14.2. The molecule has 0 aliphatic heterocycles. The van der Waals surface area contributed by atoms with Crippen LogP contribution in [0.2, 0.25) is 0 Å². The minimum absolute atomic E-state index is 0.0899. The number of amides is 1. The predicted molar refractivity (Wildman–Crippen MR) is 103 cm³/mol. The molecule has 128 valence electrons. The fourth-order valence-electron chi connectivity index (χ4n) is 2.26. The van der Waals surface area contributed by atoms with E-state index in [-0.39, 0.29) is 11.2 Å². The Labute approximate surface area is 155 Å². The van der Waals surface area contributed by atoms with Gasteiger partial charge in [-0.1, -0.05) is 42.1 Å². The SMILES string of the molecule is Cc1cc(SC(C)C(=O)Nc2nc(-c3ccccc3)cs2)nc(C)n1. The van der Waals surface area contributed by atoms with E-state index in [4.69, 9.17) is 0 Å². The number of nitrogens with one attached hydrogen (secondary N) is 1. The van der Waals surface area contributed by atoms with Gasteiger partial charge in [0, 0.05) is 16.6 Å². The number of thioether (sulfide) groups is 1. The first-order chi connectivity index (χ1) is 12.0. The Kier molecular flexibility index (Phi) is 5.45. The van der Waals surface area contributed by atoms with Crippen LogP contribution in [0.3, 0.4) is 0 Å². The van der Waals surface area contributed by atoms with E-state index in [1.807, 2.05) is 62.5 Å². The molecule has 3 rings (SSSR count). The number of carbonyl (C=O) groups excluding carboxylic acids is 1. The van der Waals surface area contributed by atoms with Gasteiger partial charge < -0.3 is 5.32 Å². The van der Waals surface area contributed by atoms with Gasteiger partial charge in [-0.2, -0.15) is 0 Å². The summed E-state index contributed by atoms with van der Waals surface area (Å²) in [6.07, 6.45) is 0. The summed E-state index contributed by atoms with van der Waals surface area (Å²) in [6, 6.07) is 11.8.